The van der Waals surface area contributed by atoms with Crippen molar-refractivity contribution < 1.29 is 63.1 Å². The molecule has 0 aromatic carbocycles. The highest BCUT2D eigenvalue weighted by Crippen LogP contribution is 2.47. The molecule has 1 rings (SSSR count). The molecule has 0 amide bonds. The van der Waals surface area contributed by atoms with Gasteiger partial charge in [0.1, 0.15) is 43.2 Å². The summed E-state index contributed by atoms with van der Waals surface area (Å²) in [4.78, 5) is 35.9. The smallest absolute Gasteiger partial charge is 0.462 e. The van der Waals surface area contributed by atoms with Gasteiger partial charge in [0, 0.05) is 12.8 Å². The van der Waals surface area contributed by atoms with E-state index in [2.05, 4.69) is 38.2 Å². The molecule has 1 saturated carbocycles. The van der Waals surface area contributed by atoms with Crippen LogP contribution in [0.1, 0.15) is 245 Å². The van der Waals surface area contributed by atoms with Crippen molar-refractivity contribution in [2.45, 2.75) is 288 Å². The fourth-order valence-electron chi connectivity index (χ4n) is 8.44. The number of unbranched alkanes of at least 4 members (excludes halogenated alkanes) is 30. The second-order valence-corrected chi connectivity index (χ2v) is 20.5. The van der Waals surface area contributed by atoms with Crippen LogP contribution in [0.4, 0.5) is 0 Å². The predicted molar refractivity (Wildman–Crippen MR) is 267 cm³/mol. The number of carbonyl (C=O) groups is 2. The number of rotatable bonds is 46. The summed E-state index contributed by atoms with van der Waals surface area (Å²) in [7, 11) is -5.12. The summed E-state index contributed by atoms with van der Waals surface area (Å²) in [6, 6.07) is 0. The zero-order chi connectivity index (χ0) is 49.2. The lowest BCUT2D eigenvalue weighted by molar-refractivity contribution is -0.220. The van der Waals surface area contributed by atoms with Gasteiger partial charge in [-0.2, -0.15) is 0 Å². The van der Waals surface area contributed by atoms with Crippen LogP contribution in [0.25, 0.3) is 0 Å². The Balaban J connectivity index is 2.36. The summed E-state index contributed by atoms with van der Waals surface area (Å²) in [5, 5.41) is 50.3. The van der Waals surface area contributed by atoms with Crippen LogP contribution in [0, 0.1) is 0 Å². The van der Waals surface area contributed by atoms with Crippen LogP contribution in [-0.4, -0.2) is 98.3 Å². The van der Waals surface area contributed by atoms with E-state index in [1.807, 2.05) is 0 Å². The van der Waals surface area contributed by atoms with Gasteiger partial charge in [0.2, 0.25) is 0 Å². The minimum atomic E-state index is -5.12. The summed E-state index contributed by atoms with van der Waals surface area (Å²) < 4.78 is 33.7. The molecule has 0 aromatic heterocycles. The molecule has 13 nitrogen and oxygen atoms in total. The number of carbonyl (C=O) groups excluding carboxylic acids is 2. The van der Waals surface area contributed by atoms with Gasteiger partial charge in [-0.15, -0.1) is 0 Å². The van der Waals surface area contributed by atoms with Gasteiger partial charge in [-0.05, 0) is 44.9 Å². The van der Waals surface area contributed by atoms with Crippen molar-refractivity contribution in [1.29, 1.82) is 0 Å². The highest BCUT2D eigenvalue weighted by Gasteiger charge is 2.51. The van der Waals surface area contributed by atoms with Crippen LogP contribution in [0.3, 0.4) is 0 Å². The first-order valence-electron chi connectivity index (χ1n) is 27.1. The van der Waals surface area contributed by atoms with Crippen molar-refractivity contribution in [1.82, 2.24) is 0 Å². The van der Waals surface area contributed by atoms with Crippen LogP contribution in [0.5, 0.6) is 0 Å². The fourth-order valence-corrected chi connectivity index (χ4v) is 9.41. The number of hydrogen-bond acceptors (Lipinski definition) is 12. The molecule has 1 aliphatic rings. The van der Waals surface area contributed by atoms with E-state index < -0.39 is 75.7 Å². The second kappa shape index (κ2) is 43.1. The highest BCUT2D eigenvalue weighted by atomic mass is 31.2. The number of ether oxygens (including phenoxy) is 2. The third kappa shape index (κ3) is 35.1. The molecule has 0 bridgehead atoms. The highest BCUT2D eigenvalue weighted by molar-refractivity contribution is 7.47. The maximum Gasteiger partial charge on any atom is 0.472 e. The number of aliphatic hydroxyl groups excluding tert-OH is 5. The SMILES string of the molecule is CCCCC/C=C/C/C=C/CCCCCCCCCC(=O)OC[C@H](COP(=O)(O)OC1C(O)C(O)C(O)[C@@H](O)C1O)OC(=O)CCCCCCCCCCCCCCCCCCCCCCC. The lowest BCUT2D eigenvalue weighted by atomic mass is 9.85. The summed E-state index contributed by atoms with van der Waals surface area (Å²) in [6.07, 6.45) is 36.5. The molecule has 67 heavy (non-hydrogen) atoms. The first-order valence-corrected chi connectivity index (χ1v) is 28.6. The molecule has 1 aliphatic carbocycles. The Morgan fingerprint density at radius 2 is 0.806 bits per heavy atom. The van der Waals surface area contributed by atoms with E-state index in [0.717, 1.165) is 64.2 Å². The molecular weight excluding hydrogens is 876 g/mol. The maximum atomic E-state index is 12.9. The average Bonchev–Trinajstić information content (AvgIpc) is 3.31. The zero-order valence-electron chi connectivity index (χ0n) is 42.2. The van der Waals surface area contributed by atoms with Gasteiger partial charge in [0.05, 0.1) is 6.61 Å². The molecule has 0 aromatic rings. The molecule has 6 unspecified atom stereocenters. The van der Waals surface area contributed by atoms with E-state index in [4.69, 9.17) is 18.5 Å². The maximum absolute atomic E-state index is 12.9. The molecule has 0 saturated heterocycles. The number of allylic oxidation sites excluding steroid dienone is 4. The van der Waals surface area contributed by atoms with E-state index in [1.54, 1.807) is 0 Å². The minimum absolute atomic E-state index is 0.100. The van der Waals surface area contributed by atoms with E-state index in [9.17, 15) is 44.6 Å². The Hall–Kier alpha value is -1.67. The van der Waals surface area contributed by atoms with Crippen molar-refractivity contribution in [2.24, 2.45) is 0 Å². The van der Waals surface area contributed by atoms with E-state index in [1.165, 1.54) is 141 Å². The van der Waals surface area contributed by atoms with E-state index >= 15 is 0 Å². The molecular formula is C53H99O13P. The summed E-state index contributed by atoms with van der Waals surface area (Å²) in [5.74, 6) is -1.10. The zero-order valence-corrected chi connectivity index (χ0v) is 43.1. The summed E-state index contributed by atoms with van der Waals surface area (Å²) >= 11 is 0. The van der Waals surface area contributed by atoms with Gasteiger partial charge < -0.3 is 39.9 Å². The first-order chi connectivity index (χ1) is 32.4. The van der Waals surface area contributed by atoms with Crippen molar-refractivity contribution in [3.63, 3.8) is 0 Å². The predicted octanol–water partition coefficient (Wildman–Crippen LogP) is 12.0. The Labute approximate surface area is 406 Å². The van der Waals surface area contributed by atoms with Crippen molar-refractivity contribution in [3.8, 4) is 0 Å². The molecule has 8 atom stereocenters. The number of phosphoric acid groups is 1. The van der Waals surface area contributed by atoms with Gasteiger partial charge in [-0.1, -0.05) is 212 Å². The topological polar surface area (TPSA) is 210 Å². The van der Waals surface area contributed by atoms with Crippen LogP contribution < -0.4 is 0 Å². The van der Waals surface area contributed by atoms with Crippen LogP contribution in [0.2, 0.25) is 0 Å². The largest absolute Gasteiger partial charge is 0.472 e. The first kappa shape index (κ1) is 63.3. The van der Waals surface area contributed by atoms with E-state index in [-0.39, 0.29) is 12.8 Å². The van der Waals surface area contributed by atoms with Gasteiger partial charge in [0.15, 0.2) is 6.10 Å². The molecule has 6 N–H and O–H groups in total. The number of phosphoric ester groups is 1. The normalized spacial score (nSPS) is 21.3. The average molecular weight is 975 g/mol. The van der Waals surface area contributed by atoms with Gasteiger partial charge in [-0.3, -0.25) is 18.6 Å². The van der Waals surface area contributed by atoms with Crippen LogP contribution in [0.15, 0.2) is 24.3 Å². The quantitative estimate of drug-likeness (QED) is 0.0145. The van der Waals surface area contributed by atoms with Crippen molar-refractivity contribution in [3.05, 3.63) is 24.3 Å². The summed E-state index contributed by atoms with van der Waals surface area (Å²) in [6.45, 7) is 3.31. The van der Waals surface area contributed by atoms with Crippen LogP contribution >= 0.6 is 7.82 Å². The number of hydrogen-bond donors (Lipinski definition) is 6. The minimum Gasteiger partial charge on any atom is -0.462 e. The molecule has 0 radical (unpaired) electrons. The third-order valence-electron chi connectivity index (χ3n) is 12.8. The van der Waals surface area contributed by atoms with Gasteiger partial charge in [0.25, 0.3) is 0 Å². The Bertz CT molecular complexity index is 1270. The van der Waals surface area contributed by atoms with Crippen molar-refractivity contribution in [2.75, 3.05) is 13.2 Å². The van der Waals surface area contributed by atoms with Crippen LogP contribution in [-0.2, 0) is 32.7 Å². The second-order valence-electron chi connectivity index (χ2n) is 19.1. The lowest BCUT2D eigenvalue weighted by Crippen LogP contribution is -2.64. The Kier molecular flexibility index (Phi) is 40.8. The van der Waals surface area contributed by atoms with Gasteiger partial charge in [-0.25, -0.2) is 4.57 Å². The number of esters is 2. The molecule has 394 valence electrons. The lowest BCUT2D eigenvalue weighted by Gasteiger charge is -2.41. The molecule has 0 aliphatic heterocycles. The molecule has 1 fully saturated rings. The monoisotopic (exact) mass is 975 g/mol. The van der Waals surface area contributed by atoms with Gasteiger partial charge >= 0.3 is 19.8 Å². The third-order valence-corrected chi connectivity index (χ3v) is 13.8. The standard InChI is InChI=1S/C53H99O13P/c1-3-5-7-9-11-13-15-17-19-21-22-23-24-26-28-30-32-34-36-38-40-42-47(55)65-45(44-64-67(61,62)66-53-51(59)49(57)48(56)50(58)52(53)60)43-63-46(54)41-39-37-35-33-31-29-27-25-20-18-16-14-12-10-8-6-4-2/h12,14,18,20,45,48-53,56-60H,3-11,13,15-17,19,21-44H2,1-2H3,(H,61,62)/b14-12+,20-18+/t45-,48?,49-,50?,51?,52?,53?/m1/s1. The number of aliphatic hydroxyl groups is 5. The van der Waals surface area contributed by atoms with Crippen molar-refractivity contribution >= 4 is 19.8 Å². The van der Waals surface area contributed by atoms with E-state index in [0.29, 0.717) is 12.8 Å². The molecule has 0 spiro atoms. The molecule has 14 heteroatoms. The summed E-state index contributed by atoms with van der Waals surface area (Å²) in [5.41, 5.74) is 0. The Morgan fingerprint density at radius 1 is 0.463 bits per heavy atom. The Morgan fingerprint density at radius 3 is 1.24 bits per heavy atom. The molecule has 0 heterocycles. The fraction of sp³-hybridized carbons (Fsp3) is 0.887.